The van der Waals surface area contributed by atoms with Gasteiger partial charge in [-0.25, -0.2) is 4.79 Å². The first-order valence-electron chi connectivity index (χ1n) is 9.93. The number of amides is 3. The van der Waals surface area contributed by atoms with E-state index in [1.165, 1.54) is 0 Å². The minimum atomic E-state index is -0.589. The van der Waals surface area contributed by atoms with Crippen LogP contribution in [0, 0.1) is 19.3 Å². The number of hydrogen-bond donors (Lipinski definition) is 2. The molecule has 1 heterocycles. The van der Waals surface area contributed by atoms with E-state index in [2.05, 4.69) is 26.6 Å². The number of nitrogens with one attached hydrogen (secondary N) is 2. The quantitative estimate of drug-likeness (QED) is 0.676. The minimum absolute atomic E-state index is 0.00209. The first-order valence-corrected chi connectivity index (χ1v) is 10.7. The Labute approximate surface area is 181 Å². The molecule has 0 aliphatic carbocycles. The van der Waals surface area contributed by atoms with Gasteiger partial charge in [-0.2, -0.15) is 0 Å². The lowest BCUT2D eigenvalue weighted by Crippen LogP contribution is -2.52. The molecule has 0 saturated carbocycles. The Bertz CT molecular complexity index is 915. The van der Waals surface area contributed by atoms with E-state index in [1.54, 1.807) is 4.90 Å². The van der Waals surface area contributed by atoms with E-state index in [9.17, 15) is 9.59 Å². The molecule has 1 aliphatic rings. The number of carbonyl (C=O) groups excluding carboxylic acids is 2. The van der Waals surface area contributed by atoms with Gasteiger partial charge in [0, 0.05) is 29.8 Å². The molecule has 1 fully saturated rings. The van der Waals surface area contributed by atoms with Gasteiger partial charge in [-0.1, -0.05) is 40.2 Å². The highest BCUT2D eigenvalue weighted by atomic mass is 79.9. The number of aryl methyl sites for hydroxylation is 2. The van der Waals surface area contributed by atoms with E-state index >= 15 is 0 Å². The summed E-state index contributed by atoms with van der Waals surface area (Å²) in [4.78, 5) is 27.5. The largest absolute Gasteiger partial charge is 0.351 e. The molecular formula is C23H28BrN3O2. The molecule has 0 bridgehead atoms. The van der Waals surface area contributed by atoms with Gasteiger partial charge in [-0.05, 0) is 68.5 Å². The van der Waals surface area contributed by atoms with Gasteiger partial charge >= 0.3 is 6.03 Å². The maximum Gasteiger partial charge on any atom is 0.321 e. The number of likely N-dealkylation sites (tertiary alicyclic amines) is 1. The normalized spacial score (nSPS) is 19.0. The topological polar surface area (TPSA) is 61.4 Å². The van der Waals surface area contributed by atoms with Crippen LogP contribution in [0.3, 0.4) is 0 Å². The molecule has 0 aromatic heterocycles. The molecule has 2 aromatic carbocycles. The summed E-state index contributed by atoms with van der Waals surface area (Å²) in [7, 11) is 0. The van der Waals surface area contributed by atoms with Crippen LogP contribution in [-0.2, 0) is 11.3 Å². The molecule has 0 radical (unpaired) electrons. The number of anilines is 1. The average Bonchev–Trinajstić information content (AvgIpc) is 2.70. The molecule has 2 aromatic rings. The molecule has 1 unspecified atom stereocenters. The molecule has 5 nitrogen and oxygen atoms in total. The molecule has 3 amide bonds. The Kier molecular flexibility index (Phi) is 6.63. The van der Waals surface area contributed by atoms with E-state index in [4.69, 9.17) is 0 Å². The predicted octanol–water partition coefficient (Wildman–Crippen LogP) is 5.02. The van der Waals surface area contributed by atoms with Crippen molar-refractivity contribution >= 4 is 33.6 Å². The summed E-state index contributed by atoms with van der Waals surface area (Å²) in [5.74, 6) is -0.00209. The average molecular weight is 458 g/mol. The summed E-state index contributed by atoms with van der Waals surface area (Å²) in [6, 6.07) is 13.6. The molecule has 154 valence electrons. The van der Waals surface area contributed by atoms with Crippen LogP contribution in [0.25, 0.3) is 0 Å². The van der Waals surface area contributed by atoms with Crippen molar-refractivity contribution in [1.29, 1.82) is 0 Å². The maximum atomic E-state index is 12.9. The second kappa shape index (κ2) is 8.99. The summed E-state index contributed by atoms with van der Waals surface area (Å²) in [6.07, 6.45) is 1.58. The van der Waals surface area contributed by atoms with Gasteiger partial charge < -0.3 is 15.5 Å². The van der Waals surface area contributed by atoms with Crippen molar-refractivity contribution in [3.63, 3.8) is 0 Å². The van der Waals surface area contributed by atoms with Crippen LogP contribution in [0.15, 0.2) is 46.9 Å². The molecule has 29 heavy (non-hydrogen) atoms. The number of rotatable bonds is 4. The lowest BCUT2D eigenvalue weighted by Gasteiger charge is -2.39. The molecule has 1 aliphatic heterocycles. The number of carbonyl (C=O) groups is 2. The molecule has 3 rings (SSSR count). The first-order chi connectivity index (χ1) is 13.8. The van der Waals surface area contributed by atoms with Crippen molar-refractivity contribution in [1.82, 2.24) is 10.2 Å². The summed E-state index contributed by atoms with van der Waals surface area (Å²) in [6.45, 7) is 7.54. The van der Waals surface area contributed by atoms with E-state index < -0.39 is 5.41 Å². The number of nitrogens with zero attached hydrogens (tertiary/aromatic N) is 1. The lowest BCUT2D eigenvalue weighted by molar-refractivity contribution is -0.132. The smallest absolute Gasteiger partial charge is 0.321 e. The number of urea groups is 1. The molecule has 2 N–H and O–H groups in total. The van der Waals surface area contributed by atoms with E-state index in [0.717, 1.165) is 39.7 Å². The summed E-state index contributed by atoms with van der Waals surface area (Å²) in [5.41, 5.74) is 3.50. The fourth-order valence-electron chi connectivity index (χ4n) is 3.72. The molecule has 0 spiro atoms. The van der Waals surface area contributed by atoms with Gasteiger partial charge in [0.15, 0.2) is 0 Å². The van der Waals surface area contributed by atoms with Gasteiger partial charge in [-0.15, -0.1) is 0 Å². The molecular weight excluding hydrogens is 430 g/mol. The van der Waals surface area contributed by atoms with Gasteiger partial charge in [0.2, 0.25) is 5.91 Å². The Morgan fingerprint density at radius 1 is 1.14 bits per heavy atom. The predicted molar refractivity (Wildman–Crippen MR) is 120 cm³/mol. The number of piperidine rings is 1. The molecule has 1 saturated heterocycles. The molecule has 6 heteroatoms. The molecule has 1 atom stereocenters. The number of benzene rings is 2. The fourth-order valence-corrected chi connectivity index (χ4v) is 3.97. The standard InChI is InChI=1S/C23H28BrN3O2/c1-16-7-4-5-8-18(16)14-25-21(28)23(3)11-6-12-27(15-23)22(29)26-19-9-10-20(24)17(2)13-19/h4-5,7-10,13H,6,11-12,14-15H2,1-3H3,(H,25,28)(H,26,29). The lowest BCUT2D eigenvalue weighted by atomic mass is 9.81. The Balaban J connectivity index is 1.61. The van der Waals surface area contributed by atoms with Crippen molar-refractivity contribution < 1.29 is 9.59 Å². The monoisotopic (exact) mass is 457 g/mol. The van der Waals surface area contributed by atoms with Gasteiger partial charge in [0.05, 0.1) is 5.41 Å². The van der Waals surface area contributed by atoms with Crippen molar-refractivity contribution in [3.05, 3.63) is 63.6 Å². The zero-order chi connectivity index (χ0) is 21.0. The van der Waals surface area contributed by atoms with E-state index in [-0.39, 0.29) is 11.9 Å². The zero-order valence-corrected chi connectivity index (χ0v) is 18.8. The fraction of sp³-hybridized carbons (Fsp3) is 0.391. The second-order valence-corrected chi connectivity index (χ2v) is 8.94. The minimum Gasteiger partial charge on any atom is -0.351 e. The van der Waals surface area contributed by atoms with Crippen LogP contribution in [0.2, 0.25) is 0 Å². The Hall–Kier alpha value is -2.34. The summed E-state index contributed by atoms with van der Waals surface area (Å²) < 4.78 is 1.01. The first kappa shape index (κ1) is 21.4. The van der Waals surface area contributed by atoms with Gasteiger partial charge in [0.25, 0.3) is 0 Å². The number of hydrogen-bond acceptors (Lipinski definition) is 2. The highest BCUT2D eigenvalue weighted by molar-refractivity contribution is 9.10. The Morgan fingerprint density at radius 2 is 1.90 bits per heavy atom. The highest BCUT2D eigenvalue weighted by Gasteiger charge is 2.39. The van der Waals surface area contributed by atoms with E-state index in [1.807, 2.05) is 63.2 Å². The van der Waals surface area contributed by atoms with Crippen LogP contribution in [0.1, 0.15) is 36.5 Å². The van der Waals surface area contributed by atoms with Crippen molar-refractivity contribution in [2.45, 2.75) is 40.2 Å². The van der Waals surface area contributed by atoms with Crippen LogP contribution in [-0.4, -0.2) is 29.9 Å². The summed E-state index contributed by atoms with van der Waals surface area (Å²) in [5, 5.41) is 6.03. The van der Waals surface area contributed by atoms with Crippen LogP contribution in [0.5, 0.6) is 0 Å². The maximum absolute atomic E-state index is 12.9. The third kappa shape index (κ3) is 5.18. The van der Waals surface area contributed by atoms with E-state index in [0.29, 0.717) is 19.6 Å². The Morgan fingerprint density at radius 3 is 2.62 bits per heavy atom. The van der Waals surface area contributed by atoms with Gasteiger partial charge in [-0.3, -0.25) is 4.79 Å². The SMILES string of the molecule is Cc1cc(NC(=O)N2CCCC(C)(C(=O)NCc3ccccc3C)C2)ccc1Br. The van der Waals surface area contributed by atoms with Crippen LogP contribution >= 0.6 is 15.9 Å². The highest BCUT2D eigenvalue weighted by Crippen LogP contribution is 2.30. The number of halogens is 1. The third-order valence-electron chi connectivity index (χ3n) is 5.64. The third-order valence-corrected chi connectivity index (χ3v) is 6.53. The van der Waals surface area contributed by atoms with Crippen molar-refractivity contribution in [2.24, 2.45) is 5.41 Å². The zero-order valence-electron chi connectivity index (χ0n) is 17.2. The van der Waals surface area contributed by atoms with Gasteiger partial charge in [0.1, 0.15) is 0 Å². The van der Waals surface area contributed by atoms with Crippen molar-refractivity contribution in [3.8, 4) is 0 Å². The van der Waals surface area contributed by atoms with Crippen LogP contribution < -0.4 is 10.6 Å². The summed E-state index contributed by atoms with van der Waals surface area (Å²) >= 11 is 3.47. The second-order valence-electron chi connectivity index (χ2n) is 8.09. The van der Waals surface area contributed by atoms with Crippen LogP contribution in [0.4, 0.5) is 10.5 Å². The van der Waals surface area contributed by atoms with Crippen molar-refractivity contribution in [2.75, 3.05) is 18.4 Å².